The van der Waals surface area contributed by atoms with E-state index in [-0.39, 0.29) is 17.6 Å². The molecule has 0 aromatic carbocycles. The van der Waals surface area contributed by atoms with E-state index in [1.165, 1.54) is 6.20 Å². The van der Waals surface area contributed by atoms with Gasteiger partial charge in [-0.3, -0.25) is 4.79 Å². The van der Waals surface area contributed by atoms with Crippen LogP contribution < -0.4 is 0 Å². The SMILES string of the molecule is CC(C)c1nc(Cl)ncc1CC(=O)O. The minimum absolute atomic E-state index is 0.0648. The predicted octanol–water partition coefficient (Wildman–Crippen LogP) is 1.88. The molecule has 0 saturated heterocycles. The number of hydrogen-bond donors (Lipinski definition) is 1. The summed E-state index contributed by atoms with van der Waals surface area (Å²) >= 11 is 5.63. The Morgan fingerprint density at radius 3 is 2.79 bits per heavy atom. The average molecular weight is 215 g/mol. The lowest BCUT2D eigenvalue weighted by Gasteiger charge is -2.09. The third kappa shape index (κ3) is 2.67. The lowest BCUT2D eigenvalue weighted by molar-refractivity contribution is -0.136. The van der Waals surface area contributed by atoms with Crippen molar-refractivity contribution in [3.05, 3.63) is 22.7 Å². The van der Waals surface area contributed by atoms with Crippen LogP contribution in [-0.4, -0.2) is 21.0 Å². The Balaban J connectivity index is 3.08. The second kappa shape index (κ2) is 4.37. The molecular weight excluding hydrogens is 204 g/mol. The first-order valence-electron chi connectivity index (χ1n) is 4.23. The Hall–Kier alpha value is -1.16. The van der Waals surface area contributed by atoms with Gasteiger partial charge < -0.3 is 5.11 Å². The number of hydrogen-bond acceptors (Lipinski definition) is 3. The minimum Gasteiger partial charge on any atom is -0.481 e. The highest BCUT2D eigenvalue weighted by atomic mass is 35.5. The van der Waals surface area contributed by atoms with Gasteiger partial charge in [-0.2, -0.15) is 0 Å². The number of rotatable bonds is 3. The Bertz CT molecular complexity index is 353. The molecule has 0 fully saturated rings. The molecular formula is C9H11ClN2O2. The molecule has 1 aromatic heterocycles. The van der Waals surface area contributed by atoms with Crippen molar-refractivity contribution < 1.29 is 9.90 Å². The molecule has 14 heavy (non-hydrogen) atoms. The van der Waals surface area contributed by atoms with Crippen LogP contribution in [0, 0.1) is 0 Å². The van der Waals surface area contributed by atoms with E-state index >= 15 is 0 Å². The standard InChI is InChI=1S/C9H11ClN2O2/c1-5(2)8-6(3-7(13)14)4-11-9(10)12-8/h4-5H,3H2,1-2H3,(H,13,14). The van der Waals surface area contributed by atoms with Gasteiger partial charge in [0.25, 0.3) is 0 Å². The number of carboxylic acid groups (broad SMARTS) is 1. The van der Waals surface area contributed by atoms with E-state index in [2.05, 4.69) is 9.97 Å². The van der Waals surface area contributed by atoms with Crippen LogP contribution in [-0.2, 0) is 11.2 Å². The normalized spacial score (nSPS) is 10.6. The van der Waals surface area contributed by atoms with Gasteiger partial charge >= 0.3 is 5.97 Å². The number of nitrogens with zero attached hydrogens (tertiary/aromatic N) is 2. The number of aliphatic carboxylic acids is 1. The largest absolute Gasteiger partial charge is 0.481 e. The molecule has 0 aliphatic rings. The first-order chi connectivity index (χ1) is 6.50. The third-order valence-electron chi connectivity index (χ3n) is 1.76. The van der Waals surface area contributed by atoms with E-state index < -0.39 is 5.97 Å². The first kappa shape index (κ1) is 10.9. The summed E-state index contributed by atoms with van der Waals surface area (Å²) < 4.78 is 0. The summed E-state index contributed by atoms with van der Waals surface area (Å²) in [4.78, 5) is 18.3. The van der Waals surface area contributed by atoms with Gasteiger partial charge in [-0.1, -0.05) is 13.8 Å². The van der Waals surface area contributed by atoms with Gasteiger partial charge in [0, 0.05) is 11.8 Å². The number of aromatic nitrogens is 2. The van der Waals surface area contributed by atoms with Gasteiger partial charge in [-0.25, -0.2) is 9.97 Å². The van der Waals surface area contributed by atoms with Gasteiger partial charge in [0.1, 0.15) is 0 Å². The lowest BCUT2D eigenvalue weighted by atomic mass is 10.0. The summed E-state index contributed by atoms with van der Waals surface area (Å²) in [6.45, 7) is 3.87. The van der Waals surface area contributed by atoms with Gasteiger partial charge in [0.15, 0.2) is 0 Å². The zero-order chi connectivity index (χ0) is 10.7. The van der Waals surface area contributed by atoms with Crippen LogP contribution in [0.4, 0.5) is 0 Å². The molecule has 0 unspecified atom stereocenters. The molecule has 1 N–H and O–H groups in total. The summed E-state index contributed by atoms with van der Waals surface area (Å²) in [6.07, 6.45) is 1.41. The predicted molar refractivity (Wildman–Crippen MR) is 52.5 cm³/mol. The number of carboxylic acids is 1. The van der Waals surface area contributed by atoms with Crippen molar-refractivity contribution in [3.63, 3.8) is 0 Å². The summed E-state index contributed by atoms with van der Waals surface area (Å²) in [5, 5.41) is 8.81. The lowest BCUT2D eigenvalue weighted by Crippen LogP contribution is -2.07. The Morgan fingerprint density at radius 1 is 1.64 bits per heavy atom. The Morgan fingerprint density at radius 2 is 2.29 bits per heavy atom. The fourth-order valence-corrected chi connectivity index (χ4v) is 1.34. The van der Waals surface area contributed by atoms with Crippen LogP contribution in [0.2, 0.25) is 5.28 Å². The maximum atomic E-state index is 10.5. The zero-order valence-corrected chi connectivity index (χ0v) is 8.75. The molecule has 1 rings (SSSR count). The fraction of sp³-hybridized carbons (Fsp3) is 0.444. The molecule has 0 amide bonds. The van der Waals surface area contributed by atoms with Gasteiger partial charge in [0.05, 0.1) is 12.1 Å². The van der Waals surface area contributed by atoms with Crippen molar-refractivity contribution in [2.24, 2.45) is 0 Å². The van der Waals surface area contributed by atoms with Gasteiger partial charge in [0.2, 0.25) is 5.28 Å². The molecule has 76 valence electrons. The molecule has 0 atom stereocenters. The Kier molecular flexibility index (Phi) is 3.41. The van der Waals surface area contributed by atoms with Crippen LogP contribution >= 0.6 is 11.6 Å². The molecule has 5 heteroatoms. The van der Waals surface area contributed by atoms with Crippen molar-refractivity contribution >= 4 is 17.6 Å². The zero-order valence-electron chi connectivity index (χ0n) is 7.99. The quantitative estimate of drug-likeness (QED) is 0.781. The Labute approximate surface area is 87.0 Å². The monoisotopic (exact) mass is 214 g/mol. The van der Waals surface area contributed by atoms with Crippen molar-refractivity contribution in [3.8, 4) is 0 Å². The maximum absolute atomic E-state index is 10.5. The molecule has 0 aliphatic heterocycles. The van der Waals surface area contributed by atoms with Crippen molar-refractivity contribution in [1.82, 2.24) is 9.97 Å². The van der Waals surface area contributed by atoms with E-state index in [9.17, 15) is 4.79 Å². The van der Waals surface area contributed by atoms with Crippen LogP contribution in [0.1, 0.15) is 31.0 Å². The van der Waals surface area contributed by atoms with E-state index in [4.69, 9.17) is 16.7 Å². The fourth-order valence-electron chi connectivity index (χ4n) is 1.20. The van der Waals surface area contributed by atoms with Gasteiger partial charge in [-0.15, -0.1) is 0 Å². The summed E-state index contributed by atoms with van der Waals surface area (Å²) in [6, 6.07) is 0. The third-order valence-corrected chi connectivity index (χ3v) is 1.94. The highest BCUT2D eigenvalue weighted by Gasteiger charge is 2.12. The molecule has 0 saturated carbocycles. The van der Waals surface area contributed by atoms with Crippen LogP contribution in [0.15, 0.2) is 6.20 Å². The first-order valence-corrected chi connectivity index (χ1v) is 4.61. The second-order valence-electron chi connectivity index (χ2n) is 3.27. The van der Waals surface area contributed by atoms with E-state index in [0.29, 0.717) is 11.3 Å². The number of halogens is 1. The average Bonchev–Trinajstić information content (AvgIpc) is 2.07. The highest BCUT2D eigenvalue weighted by molar-refractivity contribution is 6.28. The van der Waals surface area contributed by atoms with Crippen LogP contribution in [0.25, 0.3) is 0 Å². The summed E-state index contributed by atoms with van der Waals surface area (Å²) in [5.41, 5.74) is 1.32. The molecule has 4 nitrogen and oxygen atoms in total. The highest BCUT2D eigenvalue weighted by Crippen LogP contribution is 2.18. The van der Waals surface area contributed by atoms with Gasteiger partial charge in [-0.05, 0) is 17.5 Å². The van der Waals surface area contributed by atoms with Crippen molar-refractivity contribution in [2.45, 2.75) is 26.2 Å². The molecule has 0 aliphatic carbocycles. The van der Waals surface area contributed by atoms with Crippen molar-refractivity contribution in [2.75, 3.05) is 0 Å². The smallest absolute Gasteiger partial charge is 0.307 e. The summed E-state index contributed by atoms with van der Waals surface area (Å²) in [5.74, 6) is -0.748. The minimum atomic E-state index is -0.891. The number of carbonyl (C=O) groups is 1. The summed E-state index contributed by atoms with van der Waals surface area (Å²) in [7, 11) is 0. The molecule has 1 heterocycles. The maximum Gasteiger partial charge on any atom is 0.307 e. The molecule has 1 aromatic rings. The van der Waals surface area contributed by atoms with Crippen molar-refractivity contribution in [1.29, 1.82) is 0 Å². The molecule has 0 radical (unpaired) electrons. The van der Waals surface area contributed by atoms with Crippen LogP contribution in [0.5, 0.6) is 0 Å². The van der Waals surface area contributed by atoms with Crippen LogP contribution in [0.3, 0.4) is 0 Å². The van der Waals surface area contributed by atoms with E-state index in [0.717, 1.165) is 0 Å². The second-order valence-corrected chi connectivity index (χ2v) is 3.61. The topological polar surface area (TPSA) is 63.1 Å². The van der Waals surface area contributed by atoms with E-state index in [1.807, 2.05) is 13.8 Å². The molecule has 0 spiro atoms. The van der Waals surface area contributed by atoms with E-state index in [1.54, 1.807) is 0 Å². The molecule has 0 bridgehead atoms.